The Kier molecular flexibility index (Phi) is 7.27. The number of aryl methyl sites for hydroxylation is 1. The molecule has 1 aromatic heterocycles. The molecule has 0 saturated carbocycles. The van der Waals surface area contributed by atoms with Gasteiger partial charge in [-0.05, 0) is 61.7 Å². The summed E-state index contributed by atoms with van der Waals surface area (Å²) >= 11 is 1.06. The number of thiazole rings is 1. The van der Waals surface area contributed by atoms with Crippen LogP contribution in [0.2, 0.25) is 0 Å². The summed E-state index contributed by atoms with van der Waals surface area (Å²) in [7, 11) is 0. The molecule has 9 heteroatoms. The van der Waals surface area contributed by atoms with Crippen LogP contribution < -0.4 is 14.4 Å². The maximum Gasteiger partial charge on any atom is 0.301 e. The predicted molar refractivity (Wildman–Crippen MR) is 149 cm³/mol. The smallest absolute Gasteiger partial charge is 0.301 e. The SMILES string of the molecule is CCCCOc1cccc([C@H]2C(=C(O)c3ccc4c(c3)C[C@@H](C)O4)C(=O)C(=O)N2c2nc(C)c(C(C)=O)s2)c1. The van der Waals surface area contributed by atoms with Gasteiger partial charge in [-0.25, -0.2) is 4.98 Å². The van der Waals surface area contributed by atoms with Gasteiger partial charge < -0.3 is 14.6 Å². The fourth-order valence-corrected chi connectivity index (χ4v) is 5.98. The Morgan fingerprint density at radius 3 is 2.74 bits per heavy atom. The normalized spacial score (nSPS) is 19.7. The van der Waals surface area contributed by atoms with Crippen LogP contribution in [-0.2, 0) is 16.0 Å². The Labute approximate surface area is 230 Å². The predicted octanol–water partition coefficient (Wildman–Crippen LogP) is 5.78. The van der Waals surface area contributed by atoms with Crippen LogP contribution in [0.3, 0.4) is 0 Å². The lowest BCUT2D eigenvalue weighted by Gasteiger charge is -2.23. The van der Waals surface area contributed by atoms with E-state index >= 15 is 0 Å². The van der Waals surface area contributed by atoms with E-state index in [0.29, 0.717) is 40.5 Å². The molecule has 3 heterocycles. The Hall–Kier alpha value is -3.98. The number of benzene rings is 2. The van der Waals surface area contributed by atoms with Crippen molar-refractivity contribution in [2.45, 2.75) is 59.1 Å². The van der Waals surface area contributed by atoms with E-state index in [4.69, 9.17) is 9.47 Å². The highest BCUT2D eigenvalue weighted by molar-refractivity contribution is 7.18. The Balaban J connectivity index is 1.66. The second kappa shape index (κ2) is 10.6. The minimum atomic E-state index is -0.964. The molecule has 1 amide bonds. The quantitative estimate of drug-likeness (QED) is 0.125. The number of hydrogen-bond donors (Lipinski definition) is 1. The number of anilines is 1. The number of rotatable bonds is 8. The maximum atomic E-state index is 13.5. The van der Waals surface area contributed by atoms with E-state index in [1.165, 1.54) is 11.8 Å². The van der Waals surface area contributed by atoms with Crippen molar-refractivity contribution in [3.63, 3.8) is 0 Å². The van der Waals surface area contributed by atoms with Crippen LogP contribution in [-0.4, -0.2) is 40.3 Å². The van der Waals surface area contributed by atoms with Crippen LogP contribution in [0.1, 0.15) is 71.7 Å². The zero-order valence-corrected chi connectivity index (χ0v) is 23.1. The van der Waals surface area contributed by atoms with Gasteiger partial charge in [0.15, 0.2) is 10.9 Å². The zero-order valence-electron chi connectivity index (χ0n) is 22.3. The number of aliphatic hydroxyl groups is 1. The Morgan fingerprint density at radius 2 is 2.03 bits per heavy atom. The molecule has 0 unspecified atom stereocenters. The van der Waals surface area contributed by atoms with E-state index in [-0.39, 0.29) is 28.4 Å². The van der Waals surface area contributed by atoms with Crippen molar-refractivity contribution in [2.75, 3.05) is 11.5 Å². The van der Waals surface area contributed by atoms with E-state index < -0.39 is 17.7 Å². The highest BCUT2D eigenvalue weighted by Crippen LogP contribution is 2.45. The lowest BCUT2D eigenvalue weighted by molar-refractivity contribution is -0.132. The highest BCUT2D eigenvalue weighted by atomic mass is 32.1. The molecule has 2 aliphatic heterocycles. The van der Waals surface area contributed by atoms with Gasteiger partial charge in [0.2, 0.25) is 0 Å². The van der Waals surface area contributed by atoms with E-state index in [9.17, 15) is 19.5 Å². The highest BCUT2D eigenvalue weighted by Gasteiger charge is 2.48. The molecule has 0 spiro atoms. The second-order valence-electron chi connectivity index (χ2n) is 9.87. The number of amides is 1. The molecule has 2 aromatic carbocycles. The summed E-state index contributed by atoms with van der Waals surface area (Å²) in [4.78, 5) is 45.4. The average molecular weight is 547 g/mol. The number of unbranched alkanes of at least 4 members (excludes halogenated alkanes) is 1. The van der Waals surface area contributed by atoms with Gasteiger partial charge in [-0.3, -0.25) is 19.3 Å². The number of fused-ring (bicyclic) bond motifs is 1. The monoisotopic (exact) mass is 546 g/mol. The molecule has 0 bridgehead atoms. The number of aromatic nitrogens is 1. The fourth-order valence-electron chi connectivity index (χ4n) is 4.99. The van der Waals surface area contributed by atoms with Gasteiger partial charge in [0.1, 0.15) is 23.4 Å². The summed E-state index contributed by atoms with van der Waals surface area (Å²) in [5.41, 5.74) is 2.36. The molecule has 202 valence electrons. The fraction of sp³-hybridized carbons (Fsp3) is 0.333. The van der Waals surface area contributed by atoms with Crippen molar-refractivity contribution in [2.24, 2.45) is 0 Å². The van der Waals surface area contributed by atoms with Crippen LogP contribution in [0.25, 0.3) is 5.76 Å². The standard InChI is InChI=1S/C30H30N2O6S/c1-5-6-12-37-22-9-7-8-19(15-22)25-24(26(34)20-10-11-23-21(14-20)13-16(2)38-23)27(35)29(36)32(25)30-31-17(3)28(39-30)18(4)33/h7-11,14-16,25,34H,5-6,12-13H2,1-4H3/t16-,25+/m1/s1. The molecular formula is C30H30N2O6S. The van der Waals surface area contributed by atoms with Crippen molar-refractivity contribution in [3.8, 4) is 11.5 Å². The lowest BCUT2D eigenvalue weighted by Crippen LogP contribution is -2.29. The zero-order chi connectivity index (χ0) is 27.8. The van der Waals surface area contributed by atoms with Crippen LogP contribution in [0, 0.1) is 6.92 Å². The average Bonchev–Trinajstić information content (AvgIpc) is 3.56. The van der Waals surface area contributed by atoms with Gasteiger partial charge in [0.25, 0.3) is 5.78 Å². The molecule has 5 rings (SSSR count). The van der Waals surface area contributed by atoms with Crippen molar-refractivity contribution in [3.05, 3.63) is 75.3 Å². The third-order valence-corrected chi connectivity index (χ3v) is 8.12. The van der Waals surface area contributed by atoms with Crippen LogP contribution in [0.15, 0.2) is 48.0 Å². The van der Waals surface area contributed by atoms with Gasteiger partial charge in [-0.1, -0.05) is 36.8 Å². The topological polar surface area (TPSA) is 106 Å². The third-order valence-electron chi connectivity index (χ3n) is 6.87. The molecule has 1 fully saturated rings. The molecule has 39 heavy (non-hydrogen) atoms. The number of Topliss-reactive ketones (excluding diaryl/α,β-unsaturated/α-hetero) is 2. The number of carbonyl (C=O) groups excluding carboxylic acids is 3. The van der Waals surface area contributed by atoms with Gasteiger partial charge in [-0.15, -0.1) is 0 Å². The molecule has 2 atom stereocenters. The number of aliphatic hydroxyl groups excluding tert-OH is 1. The minimum Gasteiger partial charge on any atom is -0.507 e. The van der Waals surface area contributed by atoms with E-state index in [0.717, 1.165) is 35.5 Å². The van der Waals surface area contributed by atoms with Gasteiger partial charge >= 0.3 is 5.91 Å². The lowest BCUT2D eigenvalue weighted by atomic mass is 9.94. The molecule has 1 N–H and O–H groups in total. The summed E-state index contributed by atoms with van der Waals surface area (Å²) in [6.45, 7) is 7.70. The molecule has 0 aliphatic carbocycles. The number of ether oxygens (including phenoxy) is 2. The Bertz CT molecular complexity index is 1510. The first kappa shape index (κ1) is 26.6. The first-order chi connectivity index (χ1) is 18.7. The first-order valence-corrected chi connectivity index (χ1v) is 13.8. The van der Waals surface area contributed by atoms with E-state index in [1.54, 1.807) is 43.3 Å². The third kappa shape index (κ3) is 4.94. The van der Waals surface area contributed by atoms with E-state index in [1.807, 2.05) is 13.0 Å². The molecule has 2 aliphatic rings. The van der Waals surface area contributed by atoms with Crippen molar-refractivity contribution >= 4 is 39.7 Å². The number of nitrogens with zero attached hydrogens (tertiary/aromatic N) is 2. The van der Waals surface area contributed by atoms with Gasteiger partial charge in [0, 0.05) is 18.9 Å². The molecular weight excluding hydrogens is 516 g/mol. The van der Waals surface area contributed by atoms with Crippen molar-refractivity contribution in [1.82, 2.24) is 4.98 Å². The number of ketones is 2. The minimum absolute atomic E-state index is 0.0158. The number of carbonyl (C=O) groups is 3. The molecule has 3 aromatic rings. The van der Waals surface area contributed by atoms with E-state index in [2.05, 4.69) is 11.9 Å². The summed E-state index contributed by atoms with van der Waals surface area (Å²) in [5, 5.41) is 11.7. The van der Waals surface area contributed by atoms with Crippen molar-refractivity contribution in [1.29, 1.82) is 0 Å². The molecule has 0 radical (unpaired) electrons. The summed E-state index contributed by atoms with van der Waals surface area (Å²) in [6.07, 6.45) is 2.56. The van der Waals surface area contributed by atoms with Crippen molar-refractivity contribution < 1.29 is 29.0 Å². The second-order valence-corrected chi connectivity index (χ2v) is 10.8. The van der Waals surface area contributed by atoms with Gasteiger partial charge in [0.05, 0.1) is 28.8 Å². The summed E-state index contributed by atoms with van der Waals surface area (Å²) < 4.78 is 11.7. The van der Waals surface area contributed by atoms with Crippen LogP contribution in [0.5, 0.6) is 11.5 Å². The summed E-state index contributed by atoms with van der Waals surface area (Å²) in [6, 6.07) is 11.4. The summed E-state index contributed by atoms with van der Waals surface area (Å²) in [5.74, 6) is -0.762. The van der Waals surface area contributed by atoms with Crippen LogP contribution >= 0.6 is 11.3 Å². The number of hydrogen-bond acceptors (Lipinski definition) is 8. The van der Waals surface area contributed by atoms with Crippen LogP contribution in [0.4, 0.5) is 5.13 Å². The molecule has 1 saturated heterocycles. The largest absolute Gasteiger partial charge is 0.507 e. The van der Waals surface area contributed by atoms with Gasteiger partial charge in [-0.2, -0.15) is 0 Å². The molecule has 8 nitrogen and oxygen atoms in total. The Morgan fingerprint density at radius 1 is 1.23 bits per heavy atom. The first-order valence-electron chi connectivity index (χ1n) is 13.0. The maximum absolute atomic E-state index is 13.5.